The first-order valence-electron chi connectivity index (χ1n) is 4.49. The molecule has 0 aliphatic carbocycles. The Morgan fingerprint density at radius 3 is 2.14 bits per heavy atom. The number of hydrogen-bond acceptors (Lipinski definition) is 2. The third-order valence-electron chi connectivity index (χ3n) is 2.62. The van der Waals surface area contributed by atoms with Crippen molar-refractivity contribution < 1.29 is 4.79 Å². The van der Waals surface area contributed by atoms with Crippen LogP contribution in [0.15, 0.2) is 11.6 Å². The van der Waals surface area contributed by atoms with Gasteiger partial charge in [-0.05, 0) is 27.7 Å². The second kappa shape index (κ2) is 4.32. The number of nitrogens with one attached hydrogen (secondary N) is 1. The standard InChI is InChI=1S/C10H19ClN2O/c1-7(11)6-13-8(14)9(2,3)10(4,5)12/h1,6,12H2,2-5H3,(H,13,14). The summed E-state index contributed by atoms with van der Waals surface area (Å²) in [6.07, 6.45) is 0. The van der Waals surface area contributed by atoms with Crippen molar-refractivity contribution >= 4 is 17.5 Å². The van der Waals surface area contributed by atoms with Gasteiger partial charge in [-0.25, -0.2) is 0 Å². The zero-order valence-corrected chi connectivity index (χ0v) is 10.0. The topological polar surface area (TPSA) is 55.1 Å². The SMILES string of the molecule is C=C(Cl)CNC(=O)C(C)(C)C(C)(C)N. The molecule has 0 aromatic carbocycles. The van der Waals surface area contributed by atoms with Crippen LogP contribution in [0, 0.1) is 5.41 Å². The minimum absolute atomic E-state index is 0.119. The van der Waals surface area contributed by atoms with Crippen LogP contribution in [0.2, 0.25) is 0 Å². The van der Waals surface area contributed by atoms with Crippen LogP contribution in [0.4, 0.5) is 0 Å². The predicted octanol–water partition coefficient (Wildman–Crippen LogP) is 1.62. The molecule has 0 radical (unpaired) electrons. The van der Waals surface area contributed by atoms with Crippen LogP contribution in [0.25, 0.3) is 0 Å². The van der Waals surface area contributed by atoms with Crippen LogP contribution in [0.5, 0.6) is 0 Å². The van der Waals surface area contributed by atoms with Gasteiger partial charge in [0, 0.05) is 10.6 Å². The molecule has 0 saturated heterocycles. The average Bonchev–Trinajstić information content (AvgIpc) is 1.97. The lowest BCUT2D eigenvalue weighted by Gasteiger charge is -2.36. The molecule has 0 aliphatic heterocycles. The Morgan fingerprint density at radius 2 is 1.86 bits per heavy atom. The van der Waals surface area contributed by atoms with Gasteiger partial charge in [-0.1, -0.05) is 18.2 Å². The predicted molar refractivity (Wildman–Crippen MR) is 60.1 cm³/mol. The van der Waals surface area contributed by atoms with Crippen LogP contribution >= 0.6 is 11.6 Å². The Labute approximate surface area is 90.7 Å². The highest BCUT2D eigenvalue weighted by atomic mass is 35.5. The number of carbonyl (C=O) groups excluding carboxylic acids is 1. The maximum absolute atomic E-state index is 11.7. The fraction of sp³-hybridized carbons (Fsp3) is 0.700. The minimum atomic E-state index is -0.640. The summed E-state index contributed by atoms with van der Waals surface area (Å²) in [5.41, 5.74) is 4.69. The summed E-state index contributed by atoms with van der Waals surface area (Å²) in [4.78, 5) is 11.7. The van der Waals surface area contributed by atoms with E-state index in [9.17, 15) is 4.79 Å². The van der Waals surface area contributed by atoms with Crippen molar-refractivity contribution in [3.05, 3.63) is 11.6 Å². The molecule has 0 heterocycles. The van der Waals surface area contributed by atoms with Crippen molar-refractivity contribution in [3.63, 3.8) is 0 Å². The molecule has 0 unspecified atom stereocenters. The maximum atomic E-state index is 11.7. The van der Waals surface area contributed by atoms with Gasteiger partial charge in [-0.15, -0.1) is 0 Å². The van der Waals surface area contributed by atoms with Gasteiger partial charge in [-0.2, -0.15) is 0 Å². The number of carbonyl (C=O) groups is 1. The highest BCUT2D eigenvalue weighted by Crippen LogP contribution is 2.28. The van der Waals surface area contributed by atoms with Crippen molar-refractivity contribution in [2.75, 3.05) is 6.54 Å². The first kappa shape index (κ1) is 13.5. The molecule has 1 amide bonds. The molecule has 0 bridgehead atoms. The molecule has 3 nitrogen and oxygen atoms in total. The Morgan fingerprint density at radius 1 is 1.43 bits per heavy atom. The van der Waals surface area contributed by atoms with Crippen LogP contribution in [-0.2, 0) is 4.79 Å². The molecule has 0 spiro atoms. The first-order valence-corrected chi connectivity index (χ1v) is 4.87. The van der Waals surface area contributed by atoms with Crippen LogP contribution < -0.4 is 11.1 Å². The number of amides is 1. The van der Waals surface area contributed by atoms with Crippen molar-refractivity contribution in [2.45, 2.75) is 33.2 Å². The van der Waals surface area contributed by atoms with Gasteiger partial charge in [0.2, 0.25) is 5.91 Å². The molecule has 0 fully saturated rings. The highest BCUT2D eigenvalue weighted by Gasteiger charge is 2.40. The summed E-state index contributed by atoms with van der Waals surface area (Å²) >= 11 is 5.55. The number of rotatable bonds is 4. The summed E-state index contributed by atoms with van der Waals surface area (Å²) in [6, 6.07) is 0. The molecular formula is C10H19ClN2O. The molecule has 14 heavy (non-hydrogen) atoms. The minimum Gasteiger partial charge on any atom is -0.351 e. The van der Waals surface area contributed by atoms with Gasteiger partial charge >= 0.3 is 0 Å². The van der Waals surface area contributed by atoms with E-state index in [0.29, 0.717) is 5.03 Å². The van der Waals surface area contributed by atoms with Gasteiger partial charge in [0.15, 0.2) is 0 Å². The van der Waals surface area contributed by atoms with Crippen LogP contribution in [0.3, 0.4) is 0 Å². The van der Waals surface area contributed by atoms with Gasteiger partial charge in [0.25, 0.3) is 0 Å². The zero-order chi connectivity index (χ0) is 11.6. The van der Waals surface area contributed by atoms with Crippen LogP contribution in [0.1, 0.15) is 27.7 Å². The molecule has 3 N–H and O–H groups in total. The lowest BCUT2D eigenvalue weighted by atomic mass is 9.74. The van der Waals surface area contributed by atoms with E-state index in [4.69, 9.17) is 17.3 Å². The van der Waals surface area contributed by atoms with E-state index in [1.54, 1.807) is 13.8 Å². The summed E-state index contributed by atoms with van der Waals surface area (Å²) in [7, 11) is 0. The average molecular weight is 219 g/mol. The summed E-state index contributed by atoms with van der Waals surface area (Å²) in [5, 5.41) is 3.08. The Kier molecular flexibility index (Phi) is 4.15. The largest absolute Gasteiger partial charge is 0.351 e. The molecule has 0 aromatic heterocycles. The lowest BCUT2D eigenvalue weighted by Crippen LogP contribution is -2.55. The quantitative estimate of drug-likeness (QED) is 0.754. The van der Waals surface area contributed by atoms with E-state index in [1.807, 2.05) is 13.8 Å². The smallest absolute Gasteiger partial charge is 0.227 e. The van der Waals surface area contributed by atoms with E-state index >= 15 is 0 Å². The van der Waals surface area contributed by atoms with Gasteiger partial charge in [-0.3, -0.25) is 4.79 Å². The summed E-state index contributed by atoms with van der Waals surface area (Å²) in [5.74, 6) is -0.119. The molecule has 82 valence electrons. The number of hydrogen-bond donors (Lipinski definition) is 2. The van der Waals surface area contributed by atoms with E-state index in [0.717, 1.165) is 0 Å². The number of halogens is 1. The summed E-state index contributed by atoms with van der Waals surface area (Å²) in [6.45, 7) is 11.0. The number of nitrogens with two attached hydrogens (primary N) is 1. The van der Waals surface area contributed by atoms with Crippen LogP contribution in [-0.4, -0.2) is 18.0 Å². The van der Waals surface area contributed by atoms with Crippen molar-refractivity contribution in [3.8, 4) is 0 Å². The monoisotopic (exact) mass is 218 g/mol. The highest BCUT2D eigenvalue weighted by molar-refractivity contribution is 6.29. The fourth-order valence-corrected chi connectivity index (χ4v) is 0.757. The van der Waals surface area contributed by atoms with Gasteiger partial charge in [0.1, 0.15) is 0 Å². The lowest BCUT2D eigenvalue weighted by molar-refractivity contribution is -0.132. The van der Waals surface area contributed by atoms with Crippen molar-refractivity contribution in [2.24, 2.45) is 11.1 Å². The third-order valence-corrected chi connectivity index (χ3v) is 2.75. The van der Waals surface area contributed by atoms with Crippen molar-refractivity contribution in [1.29, 1.82) is 0 Å². The normalized spacial score (nSPS) is 12.4. The molecule has 0 aliphatic rings. The molecule has 4 heteroatoms. The fourth-order valence-electron chi connectivity index (χ4n) is 0.690. The van der Waals surface area contributed by atoms with Gasteiger partial charge < -0.3 is 11.1 Å². The molecule has 0 atom stereocenters. The third kappa shape index (κ3) is 3.31. The molecule has 0 rings (SSSR count). The Hall–Kier alpha value is -0.540. The van der Waals surface area contributed by atoms with E-state index in [1.165, 1.54) is 0 Å². The van der Waals surface area contributed by atoms with E-state index < -0.39 is 11.0 Å². The Bertz CT molecular complexity index is 241. The molecule has 0 aromatic rings. The first-order chi connectivity index (χ1) is 6.09. The second-order valence-corrected chi connectivity index (χ2v) is 5.08. The summed E-state index contributed by atoms with van der Waals surface area (Å²) < 4.78 is 0. The van der Waals surface area contributed by atoms with E-state index in [2.05, 4.69) is 11.9 Å². The van der Waals surface area contributed by atoms with E-state index in [-0.39, 0.29) is 12.5 Å². The molecule has 0 saturated carbocycles. The van der Waals surface area contributed by atoms with Crippen molar-refractivity contribution in [1.82, 2.24) is 5.32 Å². The molecular weight excluding hydrogens is 200 g/mol. The van der Waals surface area contributed by atoms with Gasteiger partial charge in [0.05, 0.1) is 12.0 Å². The zero-order valence-electron chi connectivity index (χ0n) is 9.28. The Balaban J connectivity index is 4.45. The second-order valence-electron chi connectivity index (χ2n) is 4.55. The maximum Gasteiger partial charge on any atom is 0.227 e.